The van der Waals surface area contributed by atoms with E-state index >= 15 is 0 Å². The lowest BCUT2D eigenvalue weighted by Crippen LogP contribution is -2.47. The molecule has 3 aliphatic rings. The summed E-state index contributed by atoms with van der Waals surface area (Å²) in [5, 5.41) is 17.9. The Balaban J connectivity index is 1.42. The van der Waals surface area contributed by atoms with Gasteiger partial charge in [-0.25, -0.2) is 9.97 Å². The first-order chi connectivity index (χ1) is 13.3. The van der Waals surface area contributed by atoms with Gasteiger partial charge >= 0.3 is 0 Å². The average molecular weight is 366 g/mol. The van der Waals surface area contributed by atoms with Crippen LogP contribution in [0.1, 0.15) is 23.2 Å². The van der Waals surface area contributed by atoms with Crippen LogP contribution in [0, 0.1) is 5.92 Å². The van der Waals surface area contributed by atoms with Crippen molar-refractivity contribution in [3.63, 3.8) is 0 Å². The summed E-state index contributed by atoms with van der Waals surface area (Å²) < 4.78 is 1.42. The molecule has 0 radical (unpaired) electrons. The minimum Gasteiger partial charge on any atom is -0.338 e. The van der Waals surface area contributed by atoms with Gasteiger partial charge in [-0.1, -0.05) is 0 Å². The minimum atomic E-state index is -0.0558. The maximum Gasteiger partial charge on any atom is 0.259 e. The second kappa shape index (κ2) is 6.41. The molecule has 1 N–H and O–H groups in total. The van der Waals surface area contributed by atoms with Crippen LogP contribution in [0.4, 0.5) is 5.95 Å². The van der Waals surface area contributed by atoms with Crippen molar-refractivity contribution < 1.29 is 4.79 Å². The number of amides is 1. The molecule has 3 aromatic heterocycles. The summed E-state index contributed by atoms with van der Waals surface area (Å²) in [7, 11) is 0. The van der Waals surface area contributed by atoms with E-state index in [4.69, 9.17) is 0 Å². The Morgan fingerprint density at radius 3 is 2.85 bits per heavy atom. The molecule has 3 fully saturated rings. The number of anilines is 1. The molecule has 6 heterocycles. The predicted molar refractivity (Wildman–Crippen MR) is 93.1 cm³/mol. The maximum atomic E-state index is 13.3. The van der Waals surface area contributed by atoms with Gasteiger partial charge in [0.25, 0.3) is 5.91 Å². The van der Waals surface area contributed by atoms with Crippen molar-refractivity contribution in [3.05, 3.63) is 36.5 Å². The van der Waals surface area contributed by atoms with Crippen molar-refractivity contribution in [1.29, 1.82) is 0 Å². The number of carbonyl (C=O) groups excluding carboxylic acids is 1. The monoisotopic (exact) mass is 366 g/mol. The molecule has 11 heteroatoms. The highest BCUT2D eigenvalue weighted by Gasteiger charge is 2.39. The topological polar surface area (TPSA) is 122 Å². The fraction of sp³-hybridized carbons (Fsp3) is 0.438. The molecule has 11 nitrogen and oxygen atoms in total. The highest BCUT2D eigenvalue weighted by atomic mass is 16.2. The van der Waals surface area contributed by atoms with Gasteiger partial charge < -0.3 is 9.80 Å². The number of aromatic amines is 1. The normalized spacial score (nSPS) is 22.1. The number of aromatic nitrogens is 8. The van der Waals surface area contributed by atoms with E-state index in [-0.39, 0.29) is 11.9 Å². The summed E-state index contributed by atoms with van der Waals surface area (Å²) in [4.78, 5) is 26.2. The SMILES string of the molecule is O=C(c1cn[nH]c1-n1cnnn1)N1C[C@H]2CC[C@@H]1CN(c1ncccn1)C2. The highest BCUT2D eigenvalue weighted by molar-refractivity contribution is 5.97. The largest absolute Gasteiger partial charge is 0.338 e. The molecule has 0 unspecified atom stereocenters. The number of nitrogens with one attached hydrogen (secondary N) is 1. The van der Waals surface area contributed by atoms with Gasteiger partial charge in [-0.15, -0.1) is 5.10 Å². The Hall–Kier alpha value is -3.37. The molecule has 0 saturated carbocycles. The van der Waals surface area contributed by atoms with Crippen LogP contribution in [0.25, 0.3) is 5.82 Å². The highest BCUT2D eigenvalue weighted by Crippen LogP contribution is 2.31. The van der Waals surface area contributed by atoms with Crippen LogP contribution >= 0.6 is 0 Å². The Labute approximate surface area is 154 Å². The number of tetrazole rings is 1. The number of carbonyl (C=O) groups is 1. The van der Waals surface area contributed by atoms with E-state index in [2.05, 4.69) is 40.6 Å². The molecule has 0 aliphatic carbocycles. The van der Waals surface area contributed by atoms with Crippen molar-refractivity contribution in [2.75, 3.05) is 24.5 Å². The quantitative estimate of drug-likeness (QED) is 0.683. The molecule has 1 amide bonds. The summed E-state index contributed by atoms with van der Waals surface area (Å²) in [6.07, 6.45) is 8.55. The van der Waals surface area contributed by atoms with Gasteiger partial charge in [0.1, 0.15) is 11.9 Å². The molecular formula is C16H18N10O. The standard InChI is InChI=1S/C16H18N10O/c27-15(13-6-19-21-14(13)26-10-20-22-23-26)25-8-11-2-3-12(25)9-24(7-11)16-17-4-1-5-18-16/h1,4-6,10-12H,2-3,7-9H2,(H,19,21)/t11-,12+/m0/s1. The third-order valence-electron chi connectivity index (χ3n) is 5.24. The van der Waals surface area contributed by atoms with E-state index in [1.165, 1.54) is 17.2 Å². The molecule has 0 aromatic carbocycles. The van der Waals surface area contributed by atoms with Crippen LogP contribution in [0.3, 0.4) is 0 Å². The van der Waals surface area contributed by atoms with Crippen LogP contribution < -0.4 is 4.90 Å². The van der Waals surface area contributed by atoms with Crippen LogP contribution in [-0.4, -0.2) is 76.9 Å². The van der Waals surface area contributed by atoms with E-state index < -0.39 is 0 Å². The fourth-order valence-electron chi connectivity index (χ4n) is 3.98. The van der Waals surface area contributed by atoms with Crippen LogP contribution in [0.15, 0.2) is 31.0 Å². The lowest BCUT2D eigenvalue weighted by atomic mass is 9.94. The first kappa shape index (κ1) is 15.9. The van der Waals surface area contributed by atoms with Crippen molar-refractivity contribution in [2.24, 2.45) is 5.92 Å². The smallest absolute Gasteiger partial charge is 0.259 e. The zero-order valence-corrected chi connectivity index (χ0v) is 14.5. The molecule has 6 rings (SSSR count). The van der Waals surface area contributed by atoms with Crippen LogP contribution in [0.5, 0.6) is 0 Å². The van der Waals surface area contributed by atoms with Gasteiger partial charge in [-0.3, -0.25) is 9.89 Å². The Morgan fingerprint density at radius 1 is 1.15 bits per heavy atom. The zero-order valence-electron chi connectivity index (χ0n) is 14.5. The average Bonchev–Trinajstić information content (AvgIpc) is 3.33. The van der Waals surface area contributed by atoms with Gasteiger partial charge in [-0.05, 0) is 35.3 Å². The van der Waals surface area contributed by atoms with Crippen molar-refractivity contribution in [3.8, 4) is 5.82 Å². The third-order valence-corrected chi connectivity index (χ3v) is 5.24. The van der Waals surface area contributed by atoms with Crippen LogP contribution in [-0.2, 0) is 0 Å². The number of H-pyrrole nitrogens is 1. The molecule has 0 spiro atoms. The second-order valence-electron chi connectivity index (χ2n) is 6.90. The number of hydrogen-bond acceptors (Lipinski definition) is 8. The van der Waals surface area contributed by atoms with Gasteiger partial charge in [0, 0.05) is 38.1 Å². The van der Waals surface area contributed by atoms with E-state index in [0.717, 1.165) is 31.9 Å². The number of hydrogen-bond donors (Lipinski definition) is 1. The predicted octanol–water partition coefficient (Wildman–Crippen LogP) is -0.0836. The Bertz CT molecular complexity index is 924. The molecule has 138 valence electrons. The Kier molecular flexibility index (Phi) is 3.77. The minimum absolute atomic E-state index is 0.0558. The molecule has 3 aliphatic heterocycles. The van der Waals surface area contributed by atoms with Gasteiger partial charge in [-0.2, -0.15) is 9.78 Å². The third kappa shape index (κ3) is 2.80. The van der Waals surface area contributed by atoms with Gasteiger partial charge in [0.15, 0.2) is 5.82 Å². The van der Waals surface area contributed by atoms with Crippen molar-refractivity contribution >= 4 is 11.9 Å². The van der Waals surface area contributed by atoms with Gasteiger partial charge in [0.05, 0.1) is 6.20 Å². The summed E-state index contributed by atoms with van der Waals surface area (Å²) in [6.45, 7) is 2.30. The maximum absolute atomic E-state index is 13.3. The fourth-order valence-corrected chi connectivity index (χ4v) is 3.98. The first-order valence-corrected chi connectivity index (χ1v) is 8.89. The number of rotatable bonds is 3. The molecule has 27 heavy (non-hydrogen) atoms. The second-order valence-corrected chi connectivity index (χ2v) is 6.90. The summed E-state index contributed by atoms with van der Waals surface area (Å²) >= 11 is 0. The number of fused-ring (bicyclic) bond motifs is 4. The van der Waals surface area contributed by atoms with Gasteiger partial charge in [0.2, 0.25) is 5.95 Å². The van der Waals surface area contributed by atoms with E-state index in [1.54, 1.807) is 12.4 Å². The Morgan fingerprint density at radius 2 is 2.04 bits per heavy atom. The molecular weight excluding hydrogens is 348 g/mol. The van der Waals surface area contributed by atoms with Crippen LogP contribution in [0.2, 0.25) is 0 Å². The molecule has 2 bridgehead atoms. The lowest BCUT2D eigenvalue weighted by molar-refractivity contribution is 0.0592. The number of piperidine rings is 1. The van der Waals surface area contributed by atoms with Crippen molar-refractivity contribution in [1.82, 2.24) is 45.3 Å². The molecule has 3 aromatic rings. The summed E-state index contributed by atoms with van der Waals surface area (Å²) in [6, 6.07) is 1.92. The first-order valence-electron chi connectivity index (χ1n) is 8.89. The number of nitrogens with zero attached hydrogens (tertiary/aromatic N) is 9. The summed E-state index contributed by atoms with van der Waals surface area (Å²) in [5.41, 5.74) is 0.470. The molecule has 3 saturated heterocycles. The van der Waals surface area contributed by atoms with E-state index in [1.807, 2.05) is 11.0 Å². The van der Waals surface area contributed by atoms with E-state index in [0.29, 0.717) is 23.8 Å². The zero-order chi connectivity index (χ0) is 18.2. The van der Waals surface area contributed by atoms with Crippen molar-refractivity contribution in [2.45, 2.75) is 18.9 Å². The lowest BCUT2D eigenvalue weighted by Gasteiger charge is -2.35. The van der Waals surface area contributed by atoms with E-state index in [9.17, 15) is 4.79 Å². The molecule has 2 atom stereocenters. The summed E-state index contributed by atoms with van der Waals surface area (Å²) in [5.74, 6) is 1.54.